The van der Waals surface area contributed by atoms with E-state index < -0.39 is 6.10 Å². The SMILES string of the molecule is Cl.OC(COCc1ccc(Cl)cc1)CN1CCOC(c2cccc(F)c2)C1. The van der Waals surface area contributed by atoms with Gasteiger partial charge < -0.3 is 14.6 Å². The van der Waals surface area contributed by atoms with Crippen LogP contribution in [0.1, 0.15) is 17.2 Å². The van der Waals surface area contributed by atoms with Gasteiger partial charge in [-0.05, 0) is 35.4 Å². The molecule has 0 bridgehead atoms. The minimum absolute atomic E-state index is 0. The molecule has 7 heteroatoms. The summed E-state index contributed by atoms with van der Waals surface area (Å²) in [5, 5.41) is 10.9. The zero-order chi connectivity index (χ0) is 18.4. The number of β-amino-alcohol motifs (C(OH)–C–C–N with tert-alkyl or cyclic N) is 1. The van der Waals surface area contributed by atoms with Crippen molar-refractivity contribution in [3.63, 3.8) is 0 Å². The number of nitrogens with zero attached hydrogens (tertiary/aromatic N) is 1. The average Bonchev–Trinajstić information content (AvgIpc) is 2.64. The van der Waals surface area contributed by atoms with Crippen LogP contribution in [0.5, 0.6) is 0 Å². The van der Waals surface area contributed by atoms with Gasteiger partial charge in [-0.3, -0.25) is 4.90 Å². The van der Waals surface area contributed by atoms with Gasteiger partial charge in [0.2, 0.25) is 0 Å². The van der Waals surface area contributed by atoms with Gasteiger partial charge in [-0.25, -0.2) is 4.39 Å². The Morgan fingerprint density at radius 3 is 2.78 bits per heavy atom. The molecule has 2 aromatic rings. The highest BCUT2D eigenvalue weighted by atomic mass is 35.5. The van der Waals surface area contributed by atoms with Crippen LogP contribution in [0.25, 0.3) is 0 Å². The Hall–Kier alpha value is -1.21. The number of rotatable bonds is 7. The summed E-state index contributed by atoms with van der Waals surface area (Å²) in [7, 11) is 0. The molecule has 27 heavy (non-hydrogen) atoms. The molecule has 0 aromatic heterocycles. The third-order valence-electron chi connectivity index (χ3n) is 4.33. The van der Waals surface area contributed by atoms with E-state index in [1.54, 1.807) is 6.07 Å². The fourth-order valence-corrected chi connectivity index (χ4v) is 3.15. The molecule has 1 N–H and O–H groups in total. The van der Waals surface area contributed by atoms with E-state index in [4.69, 9.17) is 21.1 Å². The van der Waals surface area contributed by atoms with Crippen LogP contribution < -0.4 is 0 Å². The van der Waals surface area contributed by atoms with Crippen molar-refractivity contribution >= 4 is 24.0 Å². The van der Waals surface area contributed by atoms with Crippen molar-refractivity contribution in [3.05, 3.63) is 70.5 Å². The molecule has 1 saturated heterocycles. The summed E-state index contributed by atoms with van der Waals surface area (Å²) in [6.07, 6.45) is -0.768. The molecule has 3 rings (SSSR count). The first-order chi connectivity index (χ1) is 12.6. The molecule has 1 aliphatic heterocycles. The summed E-state index contributed by atoms with van der Waals surface area (Å²) in [6.45, 7) is 3.10. The van der Waals surface area contributed by atoms with E-state index in [1.165, 1.54) is 12.1 Å². The Morgan fingerprint density at radius 2 is 2.04 bits per heavy atom. The fraction of sp³-hybridized carbons (Fsp3) is 0.400. The molecule has 2 atom stereocenters. The first kappa shape index (κ1) is 22.1. The highest BCUT2D eigenvalue weighted by Crippen LogP contribution is 2.23. The molecular formula is C20H24Cl2FNO3. The average molecular weight is 416 g/mol. The van der Waals surface area contributed by atoms with Crippen molar-refractivity contribution < 1.29 is 19.0 Å². The van der Waals surface area contributed by atoms with Gasteiger partial charge in [0.25, 0.3) is 0 Å². The standard InChI is InChI=1S/C20H23ClFNO3.ClH/c21-17-6-4-15(5-7-17)13-25-14-19(24)11-23-8-9-26-20(12-23)16-2-1-3-18(22)10-16;/h1-7,10,19-20,24H,8-9,11-14H2;1H. The molecule has 148 valence electrons. The van der Waals surface area contributed by atoms with Crippen LogP contribution in [0.2, 0.25) is 5.02 Å². The van der Waals surface area contributed by atoms with Crippen molar-refractivity contribution in [1.82, 2.24) is 4.90 Å². The summed E-state index contributed by atoms with van der Waals surface area (Å²) in [6, 6.07) is 13.9. The predicted molar refractivity (Wildman–Crippen MR) is 106 cm³/mol. The zero-order valence-electron chi connectivity index (χ0n) is 14.9. The van der Waals surface area contributed by atoms with E-state index in [1.807, 2.05) is 30.3 Å². The Kier molecular flexibility index (Phi) is 8.96. The third kappa shape index (κ3) is 7.03. The second kappa shape index (κ2) is 11.0. The molecule has 0 saturated carbocycles. The lowest BCUT2D eigenvalue weighted by atomic mass is 10.1. The van der Waals surface area contributed by atoms with E-state index in [0.717, 1.165) is 17.7 Å². The Morgan fingerprint density at radius 1 is 1.26 bits per heavy atom. The Labute approximate surface area is 170 Å². The van der Waals surface area contributed by atoms with Gasteiger partial charge in [0.05, 0.1) is 32.0 Å². The van der Waals surface area contributed by atoms with Crippen LogP contribution in [0, 0.1) is 5.82 Å². The number of ether oxygens (including phenoxy) is 2. The topological polar surface area (TPSA) is 41.9 Å². The smallest absolute Gasteiger partial charge is 0.123 e. The van der Waals surface area contributed by atoms with Gasteiger partial charge >= 0.3 is 0 Å². The predicted octanol–water partition coefficient (Wildman–Crippen LogP) is 3.85. The summed E-state index contributed by atoms with van der Waals surface area (Å²) in [5.74, 6) is -0.265. The molecule has 1 fully saturated rings. The maximum Gasteiger partial charge on any atom is 0.123 e. The normalized spacial score (nSPS) is 18.7. The third-order valence-corrected chi connectivity index (χ3v) is 4.58. The Balaban J connectivity index is 0.00000261. The number of benzene rings is 2. The lowest BCUT2D eigenvalue weighted by Crippen LogP contribution is -2.43. The van der Waals surface area contributed by atoms with E-state index in [2.05, 4.69) is 4.90 Å². The molecule has 2 aromatic carbocycles. The van der Waals surface area contributed by atoms with Crippen molar-refractivity contribution in [2.24, 2.45) is 0 Å². The van der Waals surface area contributed by atoms with Crippen LogP contribution in [0.4, 0.5) is 4.39 Å². The van der Waals surface area contributed by atoms with Crippen molar-refractivity contribution in [3.8, 4) is 0 Å². The number of morpholine rings is 1. The molecule has 2 unspecified atom stereocenters. The maximum atomic E-state index is 13.4. The van der Waals surface area contributed by atoms with Gasteiger partial charge in [-0.1, -0.05) is 35.9 Å². The van der Waals surface area contributed by atoms with E-state index in [-0.39, 0.29) is 30.9 Å². The molecule has 0 spiro atoms. The molecule has 0 radical (unpaired) electrons. The summed E-state index contributed by atoms with van der Waals surface area (Å²) in [4.78, 5) is 2.12. The summed E-state index contributed by atoms with van der Waals surface area (Å²) < 4.78 is 24.7. The number of aliphatic hydroxyl groups is 1. The first-order valence-corrected chi connectivity index (χ1v) is 9.07. The van der Waals surface area contributed by atoms with Gasteiger partial charge in [0, 0.05) is 24.7 Å². The molecule has 1 heterocycles. The van der Waals surface area contributed by atoms with Crippen LogP contribution in [-0.2, 0) is 16.1 Å². The highest BCUT2D eigenvalue weighted by Gasteiger charge is 2.23. The monoisotopic (exact) mass is 415 g/mol. The summed E-state index contributed by atoms with van der Waals surface area (Å²) >= 11 is 5.85. The maximum absolute atomic E-state index is 13.4. The Bertz CT molecular complexity index is 702. The molecule has 4 nitrogen and oxygen atoms in total. The zero-order valence-corrected chi connectivity index (χ0v) is 16.5. The largest absolute Gasteiger partial charge is 0.389 e. The second-order valence-electron chi connectivity index (χ2n) is 6.47. The van der Waals surface area contributed by atoms with Crippen LogP contribution in [0.15, 0.2) is 48.5 Å². The van der Waals surface area contributed by atoms with Crippen LogP contribution in [0.3, 0.4) is 0 Å². The van der Waals surface area contributed by atoms with E-state index >= 15 is 0 Å². The first-order valence-electron chi connectivity index (χ1n) is 8.70. The number of aliphatic hydroxyl groups excluding tert-OH is 1. The summed E-state index contributed by atoms with van der Waals surface area (Å²) in [5.41, 5.74) is 1.84. The number of halogens is 3. The van der Waals surface area contributed by atoms with Gasteiger partial charge in [-0.2, -0.15) is 0 Å². The van der Waals surface area contributed by atoms with Crippen molar-refractivity contribution in [2.45, 2.75) is 18.8 Å². The fourth-order valence-electron chi connectivity index (χ4n) is 3.02. The lowest BCUT2D eigenvalue weighted by molar-refractivity contribution is -0.0537. The van der Waals surface area contributed by atoms with Crippen LogP contribution >= 0.6 is 24.0 Å². The molecular weight excluding hydrogens is 392 g/mol. The van der Waals surface area contributed by atoms with Crippen molar-refractivity contribution in [1.29, 1.82) is 0 Å². The van der Waals surface area contributed by atoms with Gasteiger partial charge in [0.15, 0.2) is 0 Å². The van der Waals surface area contributed by atoms with E-state index in [9.17, 15) is 9.50 Å². The highest BCUT2D eigenvalue weighted by molar-refractivity contribution is 6.30. The minimum Gasteiger partial charge on any atom is -0.389 e. The minimum atomic E-state index is -0.589. The van der Waals surface area contributed by atoms with E-state index in [0.29, 0.717) is 31.3 Å². The molecule has 0 aliphatic carbocycles. The molecule has 0 amide bonds. The number of hydrogen-bond acceptors (Lipinski definition) is 4. The number of hydrogen-bond donors (Lipinski definition) is 1. The van der Waals surface area contributed by atoms with Gasteiger partial charge in [-0.15, -0.1) is 12.4 Å². The van der Waals surface area contributed by atoms with Crippen LogP contribution in [-0.4, -0.2) is 49.0 Å². The van der Waals surface area contributed by atoms with Crippen molar-refractivity contribution in [2.75, 3.05) is 32.8 Å². The molecule has 1 aliphatic rings. The quantitative estimate of drug-likeness (QED) is 0.745. The van der Waals surface area contributed by atoms with Gasteiger partial charge in [0.1, 0.15) is 5.82 Å². The lowest BCUT2D eigenvalue weighted by Gasteiger charge is -2.34. The second-order valence-corrected chi connectivity index (χ2v) is 6.91.